The third kappa shape index (κ3) is 3.29. The lowest BCUT2D eigenvalue weighted by Gasteiger charge is -2.06. The number of pyridine rings is 1. The van der Waals surface area contributed by atoms with E-state index in [1.807, 2.05) is 30.3 Å². The molecule has 0 aliphatic heterocycles. The number of aromatic nitrogens is 1. The molecule has 0 bridgehead atoms. The molecular weight excluding hydrogens is 230 g/mol. The first-order chi connectivity index (χ1) is 8.78. The number of rotatable bonds is 4. The van der Waals surface area contributed by atoms with E-state index in [9.17, 15) is 4.79 Å². The zero-order chi connectivity index (χ0) is 12.8. The Morgan fingerprint density at radius 2 is 1.94 bits per heavy atom. The van der Waals surface area contributed by atoms with Crippen LogP contribution in [0.5, 0.6) is 11.5 Å². The van der Waals surface area contributed by atoms with Crippen LogP contribution in [0.1, 0.15) is 0 Å². The molecule has 1 amide bonds. The maximum absolute atomic E-state index is 11.0. The van der Waals surface area contributed by atoms with Crippen molar-refractivity contribution in [3.05, 3.63) is 48.7 Å². The van der Waals surface area contributed by atoms with Gasteiger partial charge in [0, 0.05) is 0 Å². The van der Waals surface area contributed by atoms with Gasteiger partial charge in [0.1, 0.15) is 17.3 Å². The van der Waals surface area contributed by atoms with E-state index in [0.717, 1.165) is 5.75 Å². The predicted molar refractivity (Wildman–Crippen MR) is 68.4 cm³/mol. The van der Waals surface area contributed by atoms with Gasteiger partial charge in [0.25, 0.3) is 0 Å². The summed E-state index contributed by atoms with van der Waals surface area (Å²) in [6.07, 6.45) is 1.54. The number of nitrogens with two attached hydrogens (primary N) is 1. The van der Waals surface area contributed by atoms with Crippen molar-refractivity contribution >= 4 is 11.7 Å². The Morgan fingerprint density at radius 1 is 1.17 bits per heavy atom. The van der Waals surface area contributed by atoms with Crippen molar-refractivity contribution in [3.8, 4) is 11.5 Å². The van der Waals surface area contributed by atoms with E-state index in [4.69, 9.17) is 10.5 Å². The van der Waals surface area contributed by atoms with Gasteiger partial charge in [0.05, 0.1) is 12.7 Å². The fraction of sp³-hybridized carbons (Fsp3) is 0.0769. The van der Waals surface area contributed by atoms with Crippen molar-refractivity contribution in [2.24, 2.45) is 5.73 Å². The standard InChI is InChI=1S/C13H13N3O2/c14-8-13(17)16-12-7-6-11(9-15-12)18-10-4-2-1-3-5-10/h1-7,9H,8,14H2,(H,15,16,17). The summed E-state index contributed by atoms with van der Waals surface area (Å²) in [7, 11) is 0. The minimum absolute atomic E-state index is 0.0655. The second kappa shape index (κ2) is 5.79. The number of carbonyl (C=O) groups excluding carboxylic acids is 1. The van der Waals surface area contributed by atoms with E-state index in [2.05, 4.69) is 10.3 Å². The van der Waals surface area contributed by atoms with Crippen LogP contribution in [0.3, 0.4) is 0 Å². The number of hydrogen-bond acceptors (Lipinski definition) is 4. The van der Waals surface area contributed by atoms with Crippen molar-refractivity contribution in [1.29, 1.82) is 0 Å². The van der Waals surface area contributed by atoms with Crippen molar-refractivity contribution in [3.63, 3.8) is 0 Å². The van der Waals surface area contributed by atoms with Gasteiger partial charge in [-0.15, -0.1) is 0 Å². The lowest BCUT2D eigenvalue weighted by atomic mass is 10.3. The summed E-state index contributed by atoms with van der Waals surface area (Å²) in [6.45, 7) is -0.0655. The number of para-hydroxylation sites is 1. The van der Waals surface area contributed by atoms with Gasteiger partial charge < -0.3 is 15.8 Å². The van der Waals surface area contributed by atoms with Gasteiger partial charge in [-0.05, 0) is 24.3 Å². The van der Waals surface area contributed by atoms with Gasteiger partial charge in [-0.2, -0.15) is 0 Å². The fourth-order valence-corrected chi connectivity index (χ4v) is 1.33. The molecule has 0 saturated carbocycles. The SMILES string of the molecule is NCC(=O)Nc1ccc(Oc2ccccc2)cn1. The predicted octanol–water partition coefficient (Wildman–Crippen LogP) is 1.77. The second-order valence-electron chi connectivity index (χ2n) is 3.55. The molecule has 5 heteroatoms. The number of benzene rings is 1. The highest BCUT2D eigenvalue weighted by atomic mass is 16.5. The lowest BCUT2D eigenvalue weighted by molar-refractivity contribution is -0.114. The Bertz CT molecular complexity index is 512. The number of amides is 1. The summed E-state index contributed by atoms with van der Waals surface area (Å²) in [5, 5.41) is 2.55. The molecule has 0 aliphatic rings. The largest absolute Gasteiger partial charge is 0.456 e. The average Bonchev–Trinajstić information content (AvgIpc) is 2.42. The van der Waals surface area contributed by atoms with Crippen molar-refractivity contribution in [2.75, 3.05) is 11.9 Å². The molecule has 0 spiro atoms. The van der Waals surface area contributed by atoms with Crippen LogP contribution in [0.2, 0.25) is 0 Å². The van der Waals surface area contributed by atoms with Crippen LogP contribution >= 0.6 is 0 Å². The molecule has 0 aliphatic carbocycles. The summed E-state index contributed by atoms with van der Waals surface area (Å²) >= 11 is 0. The molecule has 1 aromatic heterocycles. The van der Waals surface area contributed by atoms with E-state index in [1.54, 1.807) is 18.3 Å². The minimum atomic E-state index is -0.278. The molecule has 5 nitrogen and oxygen atoms in total. The van der Waals surface area contributed by atoms with Crippen LogP contribution < -0.4 is 15.8 Å². The summed E-state index contributed by atoms with van der Waals surface area (Å²) in [5.74, 6) is 1.51. The third-order valence-electron chi connectivity index (χ3n) is 2.17. The zero-order valence-corrected chi connectivity index (χ0v) is 9.67. The molecule has 0 atom stereocenters. The van der Waals surface area contributed by atoms with Crippen LogP contribution in [0.4, 0.5) is 5.82 Å². The molecule has 0 fully saturated rings. The van der Waals surface area contributed by atoms with Gasteiger partial charge in [-0.1, -0.05) is 18.2 Å². The Morgan fingerprint density at radius 3 is 2.56 bits per heavy atom. The highest BCUT2D eigenvalue weighted by molar-refractivity contribution is 5.91. The van der Waals surface area contributed by atoms with Gasteiger partial charge in [-0.3, -0.25) is 4.79 Å². The molecule has 1 aromatic carbocycles. The average molecular weight is 243 g/mol. The maximum Gasteiger partial charge on any atom is 0.239 e. The third-order valence-corrected chi connectivity index (χ3v) is 2.17. The smallest absolute Gasteiger partial charge is 0.239 e. The molecule has 0 saturated heterocycles. The Balaban J connectivity index is 2.02. The van der Waals surface area contributed by atoms with E-state index in [1.165, 1.54) is 0 Å². The zero-order valence-electron chi connectivity index (χ0n) is 9.67. The van der Waals surface area contributed by atoms with Crippen molar-refractivity contribution < 1.29 is 9.53 Å². The number of anilines is 1. The number of ether oxygens (including phenoxy) is 1. The summed E-state index contributed by atoms with van der Waals surface area (Å²) in [6, 6.07) is 12.8. The van der Waals surface area contributed by atoms with Crippen molar-refractivity contribution in [1.82, 2.24) is 4.98 Å². The highest BCUT2D eigenvalue weighted by Crippen LogP contribution is 2.20. The van der Waals surface area contributed by atoms with Crippen molar-refractivity contribution in [2.45, 2.75) is 0 Å². The first kappa shape index (κ1) is 12.1. The number of nitrogens with zero attached hydrogens (tertiary/aromatic N) is 1. The van der Waals surface area contributed by atoms with Crippen LogP contribution in [-0.2, 0) is 4.79 Å². The van der Waals surface area contributed by atoms with Gasteiger partial charge in [0.2, 0.25) is 5.91 Å². The molecule has 18 heavy (non-hydrogen) atoms. The fourth-order valence-electron chi connectivity index (χ4n) is 1.33. The van der Waals surface area contributed by atoms with E-state index < -0.39 is 0 Å². The number of carbonyl (C=O) groups is 1. The molecule has 2 rings (SSSR count). The maximum atomic E-state index is 11.0. The summed E-state index contributed by atoms with van der Waals surface area (Å²) in [5.41, 5.74) is 5.19. The Hall–Kier alpha value is -2.40. The molecule has 2 aromatic rings. The van der Waals surface area contributed by atoms with Gasteiger partial charge in [0.15, 0.2) is 0 Å². The summed E-state index contributed by atoms with van der Waals surface area (Å²) in [4.78, 5) is 15.1. The van der Waals surface area contributed by atoms with E-state index in [0.29, 0.717) is 11.6 Å². The Kier molecular flexibility index (Phi) is 3.88. The monoisotopic (exact) mass is 243 g/mol. The quantitative estimate of drug-likeness (QED) is 0.858. The molecule has 92 valence electrons. The normalized spacial score (nSPS) is 9.83. The molecule has 1 heterocycles. The lowest BCUT2D eigenvalue weighted by Crippen LogP contribution is -2.22. The minimum Gasteiger partial charge on any atom is -0.456 e. The van der Waals surface area contributed by atoms with E-state index >= 15 is 0 Å². The first-order valence-corrected chi connectivity index (χ1v) is 5.47. The number of nitrogens with one attached hydrogen (secondary N) is 1. The molecule has 0 radical (unpaired) electrons. The molecule has 3 N–H and O–H groups in total. The van der Waals surface area contributed by atoms with Crippen LogP contribution in [-0.4, -0.2) is 17.4 Å². The van der Waals surface area contributed by atoms with Gasteiger partial charge in [-0.25, -0.2) is 4.98 Å². The Labute approximate surface area is 105 Å². The first-order valence-electron chi connectivity index (χ1n) is 5.47. The molecule has 0 unspecified atom stereocenters. The van der Waals surface area contributed by atoms with Crippen LogP contribution in [0.15, 0.2) is 48.7 Å². The topological polar surface area (TPSA) is 77.2 Å². The highest BCUT2D eigenvalue weighted by Gasteiger charge is 2.01. The molecular formula is C13H13N3O2. The van der Waals surface area contributed by atoms with Gasteiger partial charge >= 0.3 is 0 Å². The number of hydrogen-bond donors (Lipinski definition) is 2. The van der Waals surface area contributed by atoms with Crippen LogP contribution in [0, 0.1) is 0 Å². The second-order valence-corrected chi connectivity index (χ2v) is 3.55. The van der Waals surface area contributed by atoms with Crippen LogP contribution in [0.25, 0.3) is 0 Å². The van der Waals surface area contributed by atoms with E-state index in [-0.39, 0.29) is 12.5 Å². The summed E-state index contributed by atoms with van der Waals surface area (Å²) < 4.78 is 5.56.